The van der Waals surface area contributed by atoms with Crippen LogP contribution >= 0.6 is 0 Å². The zero-order valence-corrected chi connectivity index (χ0v) is 31.5. The van der Waals surface area contributed by atoms with Gasteiger partial charge in [0, 0.05) is 22.2 Å². The fourth-order valence-corrected chi connectivity index (χ4v) is 9.58. The Morgan fingerprint density at radius 3 is 1.75 bits per heavy atom. The van der Waals surface area contributed by atoms with E-state index in [4.69, 9.17) is 0 Å². The monoisotopic (exact) mass is 713 g/mol. The first-order chi connectivity index (χ1) is 27.6. The van der Waals surface area contributed by atoms with E-state index in [0.717, 1.165) is 11.4 Å². The highest BCUT2D eigenvalue weighted by Crippen LogP contribution is 2.55. The van der Waals surface area contributed by atoms with Crippen molar-refractivity contribution in [3.63, 3.8) is 0 Å². The van der Waals surface area contributed by atoms with Gasteiger partial charge in [0.2, 0.25) is 0 Å². The molecule has 0 radical (unpaired) electrons. The largest absolute Gasteiger partial charge is 0.309 e. The van der Waals surface area contributed by atoms with Gasteiger partial charge in [0.25, 0.3) is 0 Å². The molecule has 1 aliphatic carbocycles. The van der Waals surface area contributed by atoms with E-state index in [1.807, 2.05) is 0 Å². The van der Waals surface area contributed by atoms with Gasteiger partial charge in [0.15, 0.2) is 0 Å². The summed E-state index contributed by atoms with van der Waals surface area (Å²) >= 11 is 0. The Hall–Kier alpha value is -6.96. The summed E-state index contributed by atoms with van der Waals surface area (Å²) in [6.07, 6.45) is 0. The Morgan fingerprint density at radius 2 is 0.929 bits per heavy atom. The minimum atomic E-state index is -0.119. The zero-order valence-electron chi connectivity index (χ0n) is 31.5. The van der Waals surface area contributed by atoms with Crippen LogP contribution in [0.4, 0.5) is 17.1 Å². The fourth-order valence-electron chi connectivity index (χ4n) is 9.58. The van der Waals surface area contributed by atoms with Gasteiger partial charge in [-0.3, -0.25) is 0 Å². The van der Waals surface area contributed by atoms with Gasteiger partial charge in [-0.1, -0.05) is 184 Å². The average molecular weight is 714 g/mol. The molecular formula is C55H39N. The van der Waals surface area contributed by atoms with Crippen LogP contribution < -0.4 is 4.90 Å². The summed E-state index contributed by atoms with van der Waals surface area (Å²) in [6, 6.07) is 74.0. The van der Waals surface area contributed by atoms with E-state index in [1.165, 1.54) is 93.3 Å². The third-order valence-electron chi connectivity index (χ3n) is 12.2. The molecule has 0 aliphatic heterocycles. The van der Waals surface area contributed by atoms with Crippen molar-refractivity contribution in [2.24, 2.45) is 0 Å². The van der Waals surface area contributed by atoms with E-state index >= 15 is 0 Å². The molecule has 0 atom stereocenters. The maximum atomic E-state index is 2.51. The van der Waals surface area contributed by atoms with Crippen molar-refractivity contribution in [3.8, 4) is 33.4 Å². The van der Waals surface area contributed by atoms with Crippen LogP contribution in [0.5, 0.6) is 0 Å². The van der Waals surface area contributed by atoms with Gasteiger partial charge < -0.3 is 4.90 Å². The SMILES string of the molecule is CC1(C)c2ccccc2-c2c(N(c3ccc(-c4ccccc4)cc3)c3ccccc3-c3cc4ccc5ccc6ccccc6c5c4c4ccccc34)cccc21. The van der Waals surface area contributed by atoms with Gasteiger partial charge >= 0.3 is 0 Å². The molecule has 10 aromatic rings. The molecule has 264 valence electrons. The van der Waals surface area contributed by atoms with E-state index in [2.05, 4.69) is 219 Å². The third-order valence-corrected chi connectivity index (χ3v) is 12.2. The van der Waals surface area contributed by atoms with Crippen LogP contribution in [0, 0.1) is 0 Å². The number of hydrogen-bond donors (Lipinski definition) is 0. The number of anilines is 3. The second-order valence-electron chi connectivity index (χ2n) is 15.7. The molecule has 10 aromatic carbocycles. The molecule has 1 nitrogen and oxygen atoms in total. The Balaban J connectivity index is 1.19. The Labute approximate surface area is 327 Å². The molecule has 0 unspecified atom stereocenters. The lowest BCUT2D eigenvalue weighted by atomic mass is 9.82. The zero-order chi connectivity index (χ0) is 37.4. The highest BCUT2D eigenvalue weighted by atomic mass is 15.1. The molecule has 0 heterocycles. The standard InChI is InChI=1S/C55H39N/c1-55(2)48-23-12-10-22-46(48)54-49(55)24-14-26-51(54)56(41-33-31-37(32-34-41)36-15-4-3-5-16-36)50-25-13-11-20-44(50)47-35-40-30-29-39-28-27-38-17-6-7-18-42(38)52(39)53(40)45-21-9-8-19-43(45)47/h3-35H,1-2H3. The molecule has 0 N–H and O–H groups in total. The molecule has 0 spiro atoms. The lowest BCUT2D eigenvalue weighted by molar-refractivity contribution is 0.660. The van der Waals surface area contributed by atoms with Crippen LogP contribution in [0.3, 0.4) is 0 Å². The third kappa shape index (κ3) is 4.87. The number of para-hydroxylation sites is 1. The van der Waals surface area contributed by atoms with E-state index in [-0.39, 0.29) is 5.41 Å². The van der Waals surface area contributed by atoms with E-state index in [1.54, 1.807) is 0 Å². The van der Waals surface area contributed by atoms with Crippen LogP contribution in [-0.2, 0) is 5.41 Å². The van der Waals surface area contributed by atoms with Gasteiger partial charge in [0.05, 0.1) is 11.4 Å². The summed E-state index contributed by atoms with van der Waals surface area (Å²) in [5.41, 5.74) is 13.5. The van der Waals surface area contributed by atoms with E-state index in [9.17, 15) is 0 Å². The van der Waals surface area contributed by atoms with Crippen molar-refractivity contribution in [1.82, 2.24) is 0 Å². The number of hydrogen-bond acceptors (Lipinski definition) is 1. The molecule has 0 aromatic heterocycles. The normalized spacial score (nSPS) is 13.0. The van der Waals surface area contributed by atoms with Gasteiger partial charge in [0.1, 0.15) is 0 Å². The molecule has 11 rings (SSSR count). The van der Waals surface area contributed by atoms with Crippen LogP contribution in [0.15, 0.2) is 200 Å². The van der Waals surface area contributed by atoms with Crippen LogP contribution in [-0.4, -0.2) is 0 Å². The molecular weight excluding hydrogens is 675 g/mol. The van der Waals surface area contributed by atoms with Crippen LogP contribution in [0.1, 0.15) is 25.0 Å². The van der Waals surface area contributed by atoms with Gasteiger partial charge in [-0.2, -0.15) is 0 Å². The lowest BCUT2D eigenvalue weighted by Crippen LogP contribution is -2.16. The number of benzene rings is 10. The first kappa shape index (κ1) is 32.5. The summed E-state index contributed by atoms with van der Waals surface area (Å²) in [7, 11) is 0. The summed E-state index contributed by atoms with van der Waals surface area (Å²) < 4.78 is 0. The van der Waals surface area contributed by atoms with Crippen molar-refractivity contribution < 1.29 is 0 Å². The smallest absolute Gasteiger partial charge is 0.0543 e. The van der Waals surface area contributed by atoms with Crippen LogP contribution in [0.2, 0.25) is 0 Å². The van der Waals surface area contributed by atoms with Gasteiger partial charge in [-0.25, -0.2) is 0 Å². The Kier molecular flexibility index (Phi) is 7.28. The van der Waals surface area contributed by atoms with Crippen LogP contribution in [0.25, 0.3) is 76.5 Å². The molecule has 0 saturated carbocycles. The molecule has 0 bridgehead atoms. The fraction of sp³-hybridized carbons (Fsp3) is 0.0545. The molecule has 1 heteroatoms. The highest BCUT2D eigenvalue weighted by Gasteiger charge is 2.38. The summed E-state index contributed by atoms with van der Waals surface area (Å²) in [6.45, 7) is 4.73. The Morgan fingerprint density at radius 1 is 0.357 bits per heavy atom. The number of rotatable bonds is 5. The molecule has 1 aliphatic rings. The predicted molar refractivity (Wildman–Crippen MR) is 240 cm³/mol. The Bertz CT molecular complexity index is 3150. The second kappa shape index (κ2) is 12.5. The van der Waals surface area contributed by atoms with Gasteiger partial charge in [-0.05, 0) is 107 Å². The number of fused-ring (bicyclic) bond motifs is 10. The lowest BCUT2D eigenvalue weighted by Gasteiger charge is -2.31. The molecule has 0 amide bonds. The molecule has 0 saturated heterocycles. The minimum Gasteiger partial charge on any atom is -0.309 e. The van der Waals surface area contributed by atoms with E-state index in [0.29, 0.717) is 0 Å². The maximum absolute atomic E-state index is 2.51. The van der Waals surface area contributed by atoms with Crippen molar-refractivity contribution in [1.29, 1.82) is 0 Å². The van der Waals surface area contributed by atoms with Crippen molar-refractivity contribution in [2.45, 2.75) is 19.3 Å². The highest BCUT2D eigenvalue weighted by molar-refractivity contribution is 6.29. The summed E-state index contributed by atoms with van der Waals surface area (Å²) in [5, 5.41) is 10.2. The first-order valence-corrected chi connectivity index (χ1v) is 19.6. The predicted octanol–water partition coefficient (Wildman–Crippen LogP) is 15.4. The minimum absolute atomic E-state index is 0.119. The summed E-state index contributed by atoms with van der Waals surface area (Å²) in [5.74, 6) is 0. The topological polar surface area (TPSA) is 3.24 Å². The van der Waals surface area contributed by atoms with Crippen molar-refractivity contribution in [3.05, 3.63) is 211 Å². The van der Waals surface area contributed by atoms with Crippen molar-refractivity contribution in [2.75, 3.05) is 4.90 Å². The maximum Gasteiger partial charge on any atom is 0.0543 e. The molecule has 56 heavy (non-hydrogen) atoms. The average Bonchev–Trinajstić information content (AvgIpc) is 3.50. The van der Waals surface area contributed by atoms with Gasteiger partial charge in [-0.15, -0.1) is 0 Å². The molecule has 0 fully saturated rings. The van der Waals surface area contributed by atoms with E-state index < -0.39 is 0 Å². The first-order valence-electron chi connectivity index (χ1n) is 19.6. The quantitative estimate of drug-likeness (QED) is 0.161. The number of nitrogens with zero attached hydrogens (tertiary/aromatic N) is 1. The summed E-state index contributed by atoms with van der Waals surface area (Å²) in [4.78, 5) is 2.51. The van der Waals surface area contributed by atoms with Crippen molar-refractivity contribution >= 4 is 60.2 Å². The second-order valence-corrected chi connectivity index (χ2v) is 15.7.